The van der Waals surface area contributed by atoms with Crippen molar-refractivity contribution in [2.24, 2.45) is 11.8 Å². The molecular formula is C30H38O8. The van der Waals surface area contributed by atoms with Crippen molar-refractivity contribution < 1.29 is 34.1 Å². The second kappa shape index (κ2) is 14.4. The lowest BCUT2D eigenvalue weighted by atomic mass is 9.76. The number of methoxy groups -OCH3 is 1. The summed E-state index contributed by atoms with van der Waals surface area (Å²) in [6.45, 7) is 7.78. The number of hydrogen-bond donors (Lipinski definition) is 3. The molecule has 0 amide bonds. The topological polar surface area (TPSA) is 134 Å². The van der Waals surface area contributed by atoms with Gasteiger partial charge in [0.2, 0.25) is 0 Å². The molecule has 1 aromatic carbocycles. The van der Waals surface area contributed by atoms with Crippen LogP contribution in [0.5, 0.6) is 11.5 Å². The number of aldehydes is 1. The molecule has 4 atom stereocenters. The predicted molar refractivity (Wildman–Crippen MR) is 146 cm³/mol. The van der Waals surface area contributed by atoms with Gasteiger partial charge in [0, 0.05) is 17.7 Å². The van der Waals surface area contributed by atoms with Crippen LogP contribution in [-0.2, 0) is 16.0 Å². The largest absolute Gasteiger partial charge is 0.507 e. The molecule has 1 aliphatic rings. The van der Waals surface area contributed by atoms with Crippen LogP contribution in [0.3, 0.4) is 0 Å². The van der Waals surface area contributed by atoms with Gasteiger partial charge in [0.15, 0.2) is 11.2 Å². The molecular weight excluding hydrogens is 488 g/mol. The van der Waals surface area contributed by atoms with Crippen LogP contribution in [0.25, 0.3) is 11.0 Å². The van der Waals surface area contributed by atoms with Crippen LogP contribution in [0.1, 0.15) is 51.4 Å². The zero-order valence-corrected chi connectivity index (χ0v) is 22.6. The maximum atomic E-state index is 12.0. The van der Waals surface area contributed by atoms with E-state index in [1.807, 2.05) is 32.1 Å². The molecule has 0 saturated heterocycles. The highest BCUT2D eigenvalue weighted by molar-refractivity contribution is 5.97. The van der Waals surface area contributed by atoms with E-state index < -0.39 is 23.9 Å². The zero-order valence-electron chi connectivity index (χ0n) is 22.6. The van der Waals surface area contributed by atoms with E-state index in [1.165, 1.54) is 19.2 Å². The van der Waals surface area contributed by atoms with Crippen molar-refractivity contribution in [2.45, 2.75) is 65.6 Å². The summed E-state index contributed by atoms with van der Waals surface area (Å²) < 4.78 is 11.0. The summed E-state index contributed by atoms with van der Waals surface area (Å²) in [5, 5.41) is 29.1. The average Bonchev–Trinajstić information content (AvgIpc) is 2.86. The molecule has 1 aromatic heterocycles. The van der Waals surface area contributed by atoms with Gasteiger partial charge in [-0.15, -0.1) is 0 Å². The van der Waals surface area contributed by atoms with Gasteiger partial charge < -0.3 is 29.3 Å². The molecule has 0 spiro atoms. The molecule has 0 bridgehead atoms. The van der Waals surface area contributed by atoms with Crippen LogP contribution in [0.15, 0.2) is 57.3 Å². The number of unbranched alkanes of at least 4 members (excludes halogenated alkanes) is 1. The van der Waals surface area contributed by atoms with Crippen molar-refractivity contribution in [1.29, 1.82) is 0 Å². The lowest BCUT2D eigenvalue weighted by Gasteiger charge is -2.31. The fourth-order valence-corrected chi connectivity index (χ4v) is 4.21. The normalized spacial score (nSPS) is 21.4. The first-order valence-electron chi connectivity index (χ1n) is 12.7. The Hall–Kier alpha value is -3.49. The second-order valence-corrected chi connectivity index (χ2v) is 9.57. The summed E-state index contributed by atoms with van der Waals surface area (Å²) in [4.78, 5) is 34.6. The molecule has 8 heteroatoms. The van der Waals surface area contributed by atoms with E-state index in [0.29, 0.717) is 29.8 Å². The van der Waals surface area contributed by atoms with Gasteiger partial charge in [-0.25, -0.2) is 0 Å². The molecule has 0 aliphatic heterocycles. The molecule has 1 fully saturated rings. The highest BCUT2D eigenvalue weighted by Gasteiger charge is 2.41. The Morgan fingerprint density at radius 1 is 1.18 bits per heavy atom. The van der Waals surface area contributed by atoms with Crippen LogP contribution < -0.4 is 10.2 Å². The molecule has 4 unspecified atom stereocenters. The number of carbonyl (C=O) groups is 2. The monoisotopic (exact) mass is 526 g/mol. The second-order valence-electron chi connectivity index (χ2n) is 9.57. The standard InChI is InChI=1S/C16H18O4.C14H20O4/c1-9(2)5-6-11-14(19-4)8-13(18)15-12(17)7-10(3)20-16(11)15;1-2-3-4-5-6-7-10-8-12(16)14(18)13(17)11(10)9-15/h5,7-8,18H,6H2,1-4H3;4-7,9-12,14,16,18H,2-3,8H2,1H3. The van der Waals surface area contributed by atoms with Crippen molar-refractivity contribution in [3.05, 3.63) is 69.6 Å². The third kappa shape index (κ3) is 7.76. The lowest BCUT2D eigenvalue weighted by Crippen LogP contribution is -2.47. The first kappa shape index (κ1) is 30.7. The minimum absolute atomic E-state index is 0.119. The molecule has 2 aromatic rings. The van der Waals surface area contributed by atoms with Gasteiger partial charge in [0.25, 0.3) is 0 Å². The van der Waals surface area contributed by atoms with Crippen LogP contribution in [-0.4, -0.2) is 46.7 Å². The van der Waals surface area contributed by atoms with Crippen molar-refractivity contribution in [1.82, 2.24) is 0 Å². The third-order valence-corrected chi connectivity index (χ3v) is 6.27. The van der Waals surface area contributed by atoms with Gasteiger partial charge >= 0.3 is 0 Å². The lowest BCUT2D eigenvalue weighted by molar-refractivity contribution is -0.146. The van der Waals surface area contributed by atoms with Crippen molar-refractivity contribution >= 4 is 23.0 Å². The number of fused-ring (bicyclic) bond motifs is 1. The van der Waals surface area contributed by atoms with Gasteiger partial charge in [0.1, 0.15) is 40.6 Å². The summed E-state index contributed by atoms with van der Waals surface area (Å²) >= 11 is 0. The van der Waals surface area contributed by atoms with Crippen molar-refractivity contribution in [2.75, 3.05) is 7.11 Å². The van der Waals surface area contributed by atoms with E-state index >= 15 is 0 Å². The third-order valence-electron chi connectivity index (χ3n) is 6.27. The quantitative estimate of drug-likeness (QED) is 0.200. The summed E-state index contributed by atoms with van der Waals surface area (Å²) in [6.07, 6.45) is 10.3. The highest BCUT2D eigenvalue weighted by Crippen LogP contribution is 2.34. The minimum atomic E-state index is -1.43. The van der Waals surface area contributed by atoms with Gasteiger partial charge in [0.05, 0.1) is 19.1 Å². The maximum absolute atomic E-state index is 12.0. The Balaban J connectivity index is 0.000000269. The number of aromatic hydroxyl groups is 1. The number of phenols is 1. The molecule has 3 rings (SSSR count). The maximum Gasteiger partial charge on any atom is 0.196 e. The van der Waals surface area contributed by atoms with Crippen molar-refractivity contribution in [3.8, 4) is 11.5 Å². The van der Waals surface area contributed by atoms with E-state index in [0.717, 1.165) is 24.0 Å². The highest BCUT2D eigenvalue weighted by atomic mass is 16.5. The summed E-state index contributed by atoms with van der Waals surface area (Å²) in [5.41, 5.74) is 2.07. The number of aliphatic hydroxyl groups excluding tert-OH is 2. The number of aliphatic hydroxyl groups is 2. The molecule has 1 heterocycles. The van der Waals surface area contributed by atoms with Crippen LogP contribution in [0.2, 0.25) is 0 Å². The Morgan fingerprint density at radius 2 is 1.89 bits per heavy atom. The molecule has 0 radical (unpaired) electrons. The van der Waals surface area contributed by atoms with E-state index in [2.05, 4.69) is 6.92 Å². The minimum Gasteiger partial charge on any atom is -0.507 e. The molecule has 1 aliphatic carbocycles. The molecule has 1 saturated carbocycles. The van der Waals surface area contributed by atoms with Gasteiger partial charge in [-0.1, -0.05) is 49.3 Å². The van der Waals surface area contributed by atoms with Gasteiger partial charge in [-0.2, -0.15) is 0 Å². The number of ketones is 1. The smallest absolute Gasteiger partial charge is 0.196 e. The van der Waals surface area contributed by atoms with Gasteiger partial charge in [-0.05, 0) is 46.0 Å². The Morgan fingerprint density at radius 3 is 2.50 bits per heavy atom. The Bertz CT molecular complexity index is 1260. The fraction of sp³-hybridized carbons (Fsp3) is 0.433. The zero-order chi connectivity index (χ0) is 28.4. The SMILES string of the molecule is CCCC=CC=CC1CC(O)C(O)C(=O)C1C=O.COc1cc(O)c2c(=O)cc(C)oc2c1CC=C(C)C. The number of benzene rings is 1. The number of ether oxygens (including phenoxy) is 1. The van der Waals surface area contributed by atoms with Crippen LogP contribution in [0.4, 0.5) is 0 Å². The predicted octanol–water partition coefficient (Wildman–Crippen LogP) is 4.35. The van der Waals surface area contributed by atoms with Gasteiger partial charge in [-0.3, -0.25) is 9.59 Å². The number of Topliss-reactive ketones (excluding diaryl/α,β-unsaturated/α-hetero) is 1. The summed E-state index contributed by atoms with van der Waals surface area (Å²) in [5.74, 6) is -0.865. The number of hydrogen-bond acceptors (Lipinski definition) is 8. The Kier molecular flexibility index (Phi) is 11.7. The summed E-state index contributed by atoms with van der Waals surface area (Å²) in [6, 6.07) is 2.84. The average molecular weight is 527 g/mol. The van der Waals surface area contributed by atoms with Crippen LogP contribution >= 0.6 is 0 Å². The fourth-order valence-electron chi connectivity index (χ4n) is 4.21. The first-order valence-corrected chi connectivity index (χ1v) is 12.7. The number of aryl methyl sites for hydroxylation is 1. The first-order chi connectivity index (χ1) is 18.0. The van der Waals surface area contributed by atoms with E-state index in [4.69, 9.17) is 9.15 Å². The number of allylic oxidation sites excluding steroid dienone is 6. The number of carbonyl (C=O) groups excluding carboxylic acids is 2. The summed E-state index contributed by atoms with van der Waals surface area (Å²) in [7, 11) is 1.53. The Labute approximate surface area is 222 Å². The number of rotatable bonds is 8. The van der Waals surface area contributed by atoms with Crippen LogP contribution in [0, 0.1) is 18.8 Å². The molecule has 8 nitrogen and oxygen atoms in total. The van der Waals surface area contributed by atoms with Crippen molar-refractivity contribution in [3.63, 3.8) is 0 Å². The van der Waals surface area contributed by atoms with E-state index in [9.17, 15) is 29.7 Å². The number of phenolic OH excluding ortho intramolecular Hbond substituents is 1. The molecule has 3 N–H and O–H groups in total. The van der Waals surface area contributed by atoms with E-state index in [-0.39, 0.29) is 28.9 Å². The molecule has 206 valence electrons. The van der Waals surface area contributed by atoms with E-state index in [1.54, 1.807) is 19.1 Å². The molecule has 38 heavy (non-hydrogen) atoms.